The summed E-state index contributed by atoms with van der Waals surface area (Å²) in [7, 11) is -5.17. The predicted octanol–water partition coefficient (Wildman–Crippen LogP) is -4.51. The summed E-state index contributed by atoms with van der Waals surface area (Å²) in [4.78, 5) is 0. The molecule has 0 aromatic heterocycles. The average molecular weight is 179 g/mol. The summed E-state index contributed by atoms with van der Waals surface area (Å²) in [5, 5.41) is 0. The van der Waals surface area contributed by atoms with E-state index in [1.807, 2.05) is 0 Å². The van der Waals surface area contributed by atoms with Gasteiger partial charge in [0.1, 0.15) is 0 Å². The second-order valence-corrected chi connectivity index (χ2v) is 1.22. The summed E-state index contributed by atoms with van der Waals surface area (Å²) in [5.74, 6) is 0. The molecule has 0 aromatic rings. The maximum Gasteiger partial charge on any atom is 2.00 e. The maximum absolute atomic E-state index is 8.52. The van der Waals surface area contributed by atoms with Gasteiger partial charge in [-0.2, -0.15) is 0 Å². The second-order valence-electron chi connectivity index (χ2n) is 0.408. The van der Waals surface area contributed by atoms with E-state index in [0.717, 1.165) is 0 Å². The fourth-order valence-electron chi connectivity index (χ4n) is 0. The van der Waals surface area contributed by atoms with Crippen LogP contribution in [0.1, 0.15) is 0 Å². The Morgan fingerprint density at radius 1 is 1.12 bits per heavy atom. The van der Waals surface area contributed by atoms with Crippen LogP contribution in [0.2, 0.25) is 0 Å². The molecule has 0 saturated heterocycles. The molecule has 5 nitrogen and oxygen atoms in total. The Morgan fingerprint density at radius 3 is 1.12 bits per heavy atom. The van der Waals surface area contributed by atoms with Crippen molar-refractivity contribution in [3.05, 3.63) is 0 Å². The summed E-state index contributed by atoms with van der Waals surface area (Å²) < 4.78 is 34.1. The first-order chi connectivity index (χ1) is 2.00. The van der Waals surface area contributed by atoms with E-state index >= 15 is 0 Å². The van der Waals surface area contributed by atoms with Gasteiger partial charge in [0.05, 0.1) is 0 Å². The summed E-state index contributed by atoms with van der Waals surface area (Å²) >= 11 is 0. The predicted molar refractivity (Wildman–Crippen MR) is 12.4 cm³/mol. The standard InChI is InChI=1S/Co.Li.H2O4S.H2O/c;;1-5(2,3)4;/h;;(H2,1,2,3,4);1H2/q+2;+1;;/p-3. The van der Waals surface area contributed by atoms with Crippen LogP contribution in [0.4, 0.5) is 0 Å². The molecule has 8 heavy (non-hydrogen) atoms. The smallest absolute Gasteiger partial charge is 0.870 e. The van der Waals surface area contributed by atoms with Gasteiger partial charge in [-0.15, -0.1) is 0 Å². The Morgan fingerprint density at radius 2 is 1.12 bits per heavy atom. The van der Waals surface area contributed by atoms with E-state index in [2.05, 4.69) is 0 Å². The van der Waals surface area contributed by atoms with Gasteiger partial charge in [0, 0.05) is 10.4 Å². The molecule has 0 amide bonds. The summed E-state index contributed by atoms with van der Waals surface area (Å²) in [5.41, 5.74) is 0. The molecule has 1 N–H and O–H groups in total. The summed E-state index contributed by atoms with van der Waals surface area (Å²) in [6.07, 6.45) is 0. The molecule has 0 rings (SSSR count). The van der Waals surface area contributed by atoms with E-state index in [4.69, 9.17) is 17.5 Å². The van der Waals surface area contributed by atoms with Crippen LogP contribution < -0.4 is 18.9 Å². The largest absolute Gasteiger partial charge is 2.00 e. The van der Waals surface area contributed by atoms with Gasteiger partial charge in [-0.05, 0) is 0 Å². The third-order valence-electron chi connectivity index (χ3n) is 0. The molecule has 0 bridgehead atoms. The van der Waals surface area contributed by atoms with Gasteiger partial charge < -0.3 is 14.6 Å². The molecule has 0 fully saturated rings. The molecule has 0 aliphatic heterocycles. The SMILES string of the molecule is O=S(=O)([O-])[O-].[Co+2].[Li+].[OH-]. The van der Waals surface area contributed by atoms with Crippen molar-refractivity contribution in [1.82, 2.24) is 0 Å². The fourth-order valence-corrected chi connectivity index (χ4v) is 0. The van der Waals surface area contributed by atoms with Crippen molar-refractivity contribution in [3.63, 3.8) is 0 Å². The van der Waals surface area contributed by atoms with Gasteiger partial charge in [-0.3, -0.25) is 8.42 Å². The van der Waals surface area contributed by atoms with E-state index in [1.165, 1.54) is 0 Å². The van der Waals surface area contributed by atoms with Crippen LogP contribution in [-0.4, -0.2) is 23.0 Å². The van der Waals surface area contributed by atoms with Gasteiger partial charge in [-0.25, -0.2) is 0 Å². The van der Waals surface area contributed by atoms with Crippen LogP contribution in [0.15, 0.2) is 0 Å². The Bertz CT molecular complexity index is 95.6. The third-order valence-corrected chi connectivity index (χ3v) is 0. The summed E-state index contributed by atoms with van der Waals surface area (Å²) in [6, 6.07) is 0. The molecular formula is HCoLiO5S. The Kier molecular flexibility index (Phi) is 22.9. The first-order valence-electron chi connectivity index (χ1n) is 0.667. The normalized spacial score (nSPS) is 7.25. The topological polar surface area (TPSA) is 110 Å². The second kappa shape index (κ2) is 7.93. The van der Waals surface area contributed by atoms with E-state index in [0.29, 0.717) is 0 Å². The molecule has 47 valence electrons. The quantitative estimate of drug-likeness (QED) is 0.211. The number of hydrogen-bond donors (Lipinski definition) is 0. The molecule has 0 aromatic carbocycles. The van der Waals surface area contributed by atoms with Crippen LogP contribution in [0.3, 0.4) is 0 Å². The zero-order chi connectivity index (χ0) is 4.50. The molecule has 0 unspecified atom stereocenters. The van der Waals surface area contributed by atoms with Gasteiger partial charge >= 0.3 is 35.6 Å². The minimum atomic E-state index is -5.17. The maximum atomic E-state index is 8.52. The molecule has 0 spiro atoms. The van der Waals surface area contributed by atoms with Crippen molar-refractivity contribution < 1.29 is 58.6 Å². The monoisotopic (exact) mass is 179 g/mol. The molecule has 0 atom stereocenters. The van der Waals surface area contributed by atoms with Gasteiger partial charge in [0.2, 0.25) is 0 Å². The average Bonchev–Trinajstić information content (AvgIpc) is 0.722. The summed E-state index contributed by atoms with van der Waals surface area (Å²) in [6.45, 7) is 0. The van der Waals surface area contributed by atoms with Crippen molar-refractivity contribution in [2.75, 3.05) is 0 Å². The van der Waals surface area contributed by atoms with E-state index < -0.39 is 10.4 Å². The van der Waals surface area contributed by atoms with Crippen molar-refractivity contribution in [3.8, 4) is 0 Å². The Hall–Kier alpha value is 0.934. The van der Waals surface area contributed by atoms with Crippen molar-refractivity contribution in [2.24, 2.45) is 0 Å². The van der Waals surface area contributed by atoms with Crippen molar-refractivity contribution in [2.45, 2.75) is 0 Å². The van der Waals surface area contributed by atoms with E-state index in [1.54, 1.807) is 0 Å². The molecule has 0 heterocycles. The van der Waals surface area contributed by atoms with Crippen LogP contribution in [0, 0.1) is 0 Å². The first kappa shape index (κ1) is 23.1. The van der Waals surface area contributed by atoms with Crippen molar-refractivity contribution in [1.29, 1.82) is 0 Å². The molecule has 0 saturated carbocycles. The van der Waals surface area contributed by atoms with Gasteiger partial charge in [-0.1, -0.05) is 0 Å². The Balaban J connectivity index is -0.0000000267. The third kappa shape index (κ3) is 280. The van der Waals surface area contributed by atoms with Crippen LogP contribution in [-0.2, 0) is 27.2 Å². The van der Waals surface area contributed by atoms with Crippen LogP contribution >= 0.6 is 0 Å². The molecule has 0 aliphatic rings. The van der Waals surface area contributed by atoms with E-state index in [-0.39, 0.29) is 41.1 Å². The molecule has 1 radical (unpaired) electrons. The first-order valence-corrected chi connectivity index (χ1v) is 2.00. The zero-order valence-electron chi connectivity index (χ0n) is 3.82. The minimum Gasteiger partial charge on any atom is -0.870 e. The molecular weight excluding hydrogens is 178 g/mol. The fraction of sp³-hybridized carbons (Fsp3) is 0. The van der Waals surface area contributed by atoms with Crippen LogP contribution in [0.25, 0.3) is 0 Å². The van der Waals surface area contributed by atoms with Gasteiger partial charge in [0.25, 0.3) is 0 Å². The molecule has 0 aliphatic carbocycles. The number of hydrogen-bond acceptors (Lipinski definition) is 5. The van der Waals surface area contributed by atoms with E-state index in [9.17, 15) is 0 Å². The Labute approximate surface area is 69.1 Å². The number of rotatable bonds is 0. The van der Waals surface area contributed by atoms with Crippen molar-refractivity contribution >= 4 is 10.4 Å². The molecule has 8 heteroatoms. The van der Waals surface area contributed by atoms with Gasteiger partial charge in [0.15, 0.2) is 0 Å². The van der Waals surface area contributed by atoms with Crippen LogP contribution in [0.5, 0.6) is 0 Å². The minimum absolute atomic E-state index is 0. The zero-order valence-corrected chi connectivity index (χ0v) is 5.68.